The highest BCUT2D eigenvalue weighted by Gasteiger charge is 2.04. The summed E-state index contributed by atoms with van der Waals surface area (Å²) in [6.45, 7) is 7.20. The summed E-state index contributed by atoms with van der Waals surface area (Å²) < 4.78 is 0.849. The van der Waals surface area contributed by atoms with Crippen LogP contribution in [0.15, 0.2) is 16.9 Å². The fourth-order valence-corrected chi connectivity index (χ4v) is 1.52. The lowest BCUT2D eigenvalue weighted by Gasteiger charge is -2.15. The average molecular weight is 258 g/mol. The molecule has 0 unspecified atom stereocenters. The molecular formula is C10H16BrN3. The molecule has 0 radical (unpaired) electrons. The molecule has 1 aromatic rings. The average Bonchev–Trinajstić information content (AvgIpc) is 2.09. The summed E-state index contributed by atoms with van der Waals surface area (Å²) in [4.78, 5) is 4.18. The van der Waals surface area contributed by atoms with Crippen molar-refractivity contribution in [3.8, 4) is 0 Å². The minimum atomic E-state index is 0.418. The van der Waals surface area contributed by atoms with Gasteiger partial charge in [-0.05, 0) is 42.8 Å². The van der Waals surface area contributed by atoms with E-state index in [1.165, 1.54) is 0 Å². The third-order valence-corrected chi connectivity index (χ3v) is 2.12. The third-order valence-electron chi connectivity index (χ3n) is 1.68. The molecule has 0 aliphatic rings. The Morgan fingerprint density at radius 1 is 1.43 bits per heavy atom. The molecule has 1 rings (SSSR count). The van der Waals surface area contributed by atoms with Gasteiger partial charge < -0.3 is 10.6 Å². The molecule has 4 heteroatoms. The molecule has 0 aromatic carbocycles. The van der Waals surface area contributed by atoms with Crippen molar-refractivity contribution in [1.29, 1.82) is 0 Å². The second kappa shape index (κ2) is 5.20. The van der Waals surface area contributed by atoms with Gasteiger partial charge in [0.05, 0.1) is 17.6 Å². The summed E-state index contributed by atoms with van der Waals surface area (Å²) in [5.41, 5.74) is 2.13. The summed E-state index contributed by atoms with van der Waals surface area (Å²) in [7, 11) is 0. The SMILES string of the molecule is CCNc1cnc(Br)cc1NC(C)C. The highest BCUT2D eigenvalue weighted by molar-refractivity contribution is 9.10. The van der Waals surface area contributed by atoms with E-state index in [9.17, 15) is 0 Å². The molecule has 0 atom stereocenters. The maximum Gasteiger partial charge on any atom is 0.108 e. The number of nitrogens with zero attached hydrogens (tertiary/aromatic N) is 1. The van der Waals surface area contributed by atoms with Crippen molar-refractivity contribution in [3.63, 3.8) is 0 Å². The molecule has 0 amide bonds. The van der Waals surface area contributed by atoms with Crippen LogP contribution in [0.25, 0.3) is 0 Å². The van der Waals surface area contributed by atoms with Gasteiger partial charge in [0.2, 0.25) is 0 Å². The zero-order valence-electron chi connectivity index (χ0n) is 8.76. The Bertz CT molecular complexity index is 299. The van der Waals surface area contributed by atoms with E-state index >= 15 is 0 Å². The van der Waals surface area contributed by atoms with Crippen molar-refractivity contribution in [2.24, 2.45) is 0 Å². The van der Waals surface area contributed by atoms with Gasteiger partial charge in [0.15, 0.2) is 0 Å². The monoisotopic (exact) mass is 257 g/mol. The van der Waals surface area contributed by atoms with E-state index < -0.39 is 0 Å². The fourth-order valence-electron chi connectivity index (χ4n) is 1.19. The Morgan fingerprint density at radius 3 is 2.71 bits per heavy atom. The molecule has 1 aromatic heterocycles. The smallest absolute Gasteiger partial charge is 0.108 e. The van der Waals surface area contributed by atoms with E-state index in [1.807, 2.05) is 12.3 Å². The summed E-state index contributed by atoms with van der Waals surface area (Å²) >= 11 is 3.36. The predicted molar refractivity (Wildman–Crippen MR) is 64.9 cm³/mol. The Hall–Kier alpha value is -0.770. The highest BCUT2D eigenvalue weighted by Crippen LogP contribution is 2.24. The summed E-state index contributed by atoms with van der Waals surface area (Å²) in [5.74, 6) is 0. The molecule has 14 heavy (non-hydrogen) atoms. The lowest BCUT2D eigenvalue weighted by Crippen LogP contribution is -2.12. The van der Waals surface area contributed by atoms with Gasteiger partial charge in [0.25, 0.3) is 0 Å². The van der Waals surface area contributed by atoms with Gasteiger partial charge in [-0.2, -0.15) is 0 Å². The van der Waals surface area contributed by atoms with Crippen molar-refractivity contribution in [3.05, 3.63) is 16.9 Å². The topological polar surface area (TPSA) is 37.0 Å². The van der Waals surface area contributed by atoms with Crippen LogP contribution in [0.1, 0.15) is 20.8 Å². The molecule has 1 heterocycles. The quantitative estimate of drug-likeness (QED) is 0.815. The number of pyridine rings is 1. The molecule has 0 spiro atoms. The maximum atomic E-state index is 4.18. The summed E-state index contributed by atoms with van der Waals surface area (Å²) in [6, 6.07) is 2.40. The minimum absolute atomic E-state index is 0.418. The van der Waals surface area contributed by atoms with Crippen LogP contribution < -0.4 is 10.6 Å². The number of hydrogen-bond acceptors (Lipinski definition) is 3. The molecule has 0 saturated carbocycles. The second-order valence-corrected chi connectivity index (χ2v) is 4.19. The van der Waals surface area contributed by atoms with Crippen molar-refractivity contribution in [1.82, 2.24) is 4.98 Å². The number of halogens is 1. The van der Waals surface area contributed by atoms with Crippen molar-refractivity contribution in [2.45, 2.75) is 26.8 Å². The zero-order valence-corrected chi connectivity index (χ0v) is 10.4. The number of hydrogen-bond donors (Lipinski definition) is 2. The summed E-state index contributed by atoms with van der Waals surface area (Å²) in [6.07, 6.45) is 1.83. The van der Waals surface area contributed by atoms with E-state index in [0.29, 0.717) is 6.04 Å². The van der Waals surface area contributed by atoms with Crippen molar-refractivity contribution < 1.29 is 0 Å². The van der Waals surface area contributed by atoms with Crippen LogP contribution >= 0.6 is 15.9 Å². The van der Waals surface area contributed by atoms with Gasteiger partial charge in [-0.1, -0.05) is 0 Å². The predicted octanol–water partition coefficient (Wildman–Crippen LogP) is 3.10. The van der Waals surface area contributed by atoms with Gasteiger partial charge in [0, 0.05) is 12.6 Å². The Balaban J connectivity index is 2.90. The Kier molecular flexibility index (Phi) is 4.20. The minimum Gasteiger partial charge on any atom is -0.382 e. The van der Waals surface area contributed by atoms with Gasteiger partial charge in [-0.3, -0.25) is 0 Å². The second-order valence-electron chi connectivity index (χ2n) is 3.38. The van der Waals surface area contributed by atoms with Gasteiger partial charge >= 0.3 is 0 Å². The van der Waals surface area contributed by atoms with Gasteiger partial charge in [0.1, 0.15) is 4.60 Å². The highest BCUT2D eigenvalue weighted by atomic mass is 79.9. The third kappa shape index (κ3) is 3.18. The normalized spacial score (nSPS) is 10.4. The van der Waals surface area contributed by atoms with E-state index in [4.69, 9.17) is 0 Å². The first-order chi connectivity index (χ1) is 6.63. The van der Waals surface area contributed by atoms with E-state index in [1.54, 1.807) is 0 Å². The number of nitrogens with one attached hydrogen (secondary N) is 2. The first-order valence-corrected chi connectivity index (χ1v) is 5.58. The standard InChI is InChI=1S/C10H16BrN3/c1-4-12-9-6-13-10(11)5-8(9)14-7(2)3/h5-7,12H,4H2,1-3H3,(H,13,14). The number of aromatic nitrogens is 1. The Morgan fingerprint density at radius 2 is 2.14 bits per heavy atom. The first kappa shape index (κ1) is 11.3. The molecule has 0 saturated heterocycles. The molecule has 2 N–H and O–H groups in total. The lowest BCUT2D eigenvalue weighted by molar-refractivity contribution is 0.898. The largest absolute Gasteiger partial charge is 0.382 e. The van der Waals surface area contributed by atoms with E-state index in [2.05, 4.69) is 52.3 Å². The molecule has 0 bridgehead atoms. The summed E-state index contributed by atoms with van der Waals surface area (Å²) in [5, 5.41) is 6.63. The van der Waals surface area contributed by atoms with E-state index in [0.717, 1.165) is 22.5 Å². The lowest BCUT2D eigenvalue weighted by atomic mass is 10.3. The van der Waals surface area contributed by atoms with E-state index in [-0.39, 0.29) is 0 Å². The van der Waals surface area contributed by atoms with Crippen LogP contribution in [0.3, 0.4) is 0 Å². The Labute approximate surface area is 93.4 Å². The van der Waals surface area contributed by atoms with Crippen molar-refractivity contribution >= 4 is 27.3 Å². The van der Waals surface area contributed by atoms with Crippen LogP contribution in [-0.4, -0.2) is 17.6 Å². The molecule has 0 aliphatic heterocycles. The molecule has 78 valence electrons. The molecule has 3 nitrogen and oxygen atoms in total. The van der Waals surface area contributed by atoms with Gasteiger partial charge in [-0.25, -0.2) is 4.98 Å². The fraction of sp³-hybridized carbons (Fsp3) is 0.500. The van der Waals surface area contributed by atoms with Crippen LogP contribution in [0.2, 0.25) is 0 Å². The van der Waals surface area contributed by atoms with Gasteiger partial charge in [-0.15, -0.1) is 0 Å². The van der Waals surface area contributed by atoms with Crippen LogP contribution in [0, 0.1) is 0 Å². The maximum absolute atomic E-state index is 4.18. The molecule has 0 aliphatic carbocycles. The molecular weight excluding hydrogens is 242 g/mol. The van der Waals surface area contributed by atoms with Crippen LogP contribution in [0.4, 0.5) is 11.4 Å². The zero-order chi connectivity index (χ0) is 10.6. The number of rotatable bonds is 4. The number of anilines is 2. The van der Waals surface area contributed by atoms with Crippen LogP contribution in [-0.2, 0) is 0 Å². The van der Waals surface area contributed by atoms with Crippen molar-refractivity contribution in [2.75, 3.05) is 17.2 Å². The first-order valence-electron chi connectivity index (χ1n) is 4.79. The van der Waals surface area contributed by atoms with Crippen LogP contribution in [0.5, 0.6) is 0 Å². The molecule has 0 fully saturated rings.